The predicted octanol–water partition coefficient (Wildman–Crippen LogP) is 8.55. The number of aryl methyl sites for hydroxylation is 1. The molecule has 0 aromatic heterocycles. The van der Waals surface area contributed by atoms with E-state index in [4.69, 9.17) is 9.47 Å². The highest BCUT2D eigenvalue weighted by atomic mass is 79.9. The summed E-state index contributed by atoms with van der Waals surface area (Å²) in [4.78, 5) is 11.2. The van der Waals surface area contributed by atoms with Crippen LogP contribution >= 0.6 is 31.9 Å². The van der Waals surface area contributed by atoms with Gasteiger partial charge in [0.25, 0.3) is 0 Å². The number of methoxy groups -OCH3 is 1. The SMILES string of the molecule is CCC(C)NC(c1ccccc1C)c1cc(OC)c(C(C)C)cc1Oc1c(Br)cc(CC(=O)O)cc1Br. The number of nitrogens with one attached hydrogen (secondary N) is 1. The highest BCUT2D eigenvalue weighted by Gasteiger charge is 2.26. The molecule has 0 spiro atoms. The zero-order chi connectivity index (χ0) is 27.3. The van der Waals surface area contributed by atoms with Crippen molar-refractivity contribution in [1.29, 1.82) is 0 Å². The maximum Gasteiger partial charge on any atom is 0.307 e. The van der Waals surface area contributed by atoms with Crippen molar-refractivity contribution in [3.63, 3.8) is 0 Å². The van der Waals surface area contributed by atoms with E-state index >= 15 is 0 Å². The van der Waals surface area contributed by atoms with Gasteiger partial charge in [-0.1, -0.05) is 45.0 Å². The first kappa shape index (κ1) is 29.2. The Morgan fingerprint density at radius 2 is 1.59 bits per heavy atom. The van der Waals surface area contributed by atoms with Gasteiger partial charge in [-0.25, -0.2) is 0 Å². The number of halogens is 2. The van der Waals surface area contributed by atoms with Gasteiger partial charge in [-0.05, 0) is 99.0 Å². The molecule has 5 nitrogen and oxygen atoms in total. The van der Waals surface area contributed by atoms with E-state index in [1.54, 1.807) is 19.2 Å². The van der Waals surface area contributed by atoms with E-state index in [0.29, 0.717) is 26.0 Å². The summed E-state index contributed by atoms with van der Waals surface area (Å²) in [6, 6.07) is 16.2. The van der Waals surface area contributed by atoms with Gasteiger partial charge in [-0.15, -0.1) is 0 Å². The molecule has 0 radical (unpaired) electrons. The van der Waals surface area contributed by atoms with E-state index in [2.05, 4.69) is 102 Å². The minimum Gasteiger partial charge on any atom is -0.496 e. The fourth-order valence-corrected chi connectivity index (χ4v) is 5.73. The first-order valence-corrected chi connectivity index (χ1v) is 14.0. The van der Waals surface area contributed by atoms with Crippen molar-refractivity contribution in [2.45, 2.75) is 65.5 Å². The first-order chi connectivity index (χ1) is 17.5. The summed E-state index contributed by atoms with van der Waals surface area (Å²) in [6.45, 7) is 10.7. The Kier molecular flexibility index (Phi) is 10.2. The number of carboxylic acid groups (broad SMARTS) is 1. The van der Waals surface area contributed by atoms with Crippen molar-refractivity contribution >= 4 is 37.8 Å². The van der Waals surface area contributed by atoms with Gasteiger partial charge < -0.3 is 19.9 Å². The summed E-state index contributed by atoms with van der Waals surface area (Å²) in [5.41, 5.74) is 5.03. The van der Waals surface area contributed by atoms with E-state index in [1.165, 1.54) is 11.1 Å². The van der Waals surface area contributed by atoms with Crippen LogP contribution in [0.1, 0.15) is 73.9 Å². The molecule has 2 unspecified atom stereocenters. The van der Waals surface area contributed by atoms with E-state index in [0.717, 1.165) is 23.3 Å². The second kappa shape index (κ2) is 12.9. The molecular formula is C30H35Br2NO4. The number of benzene rings is 3. The quantitative estimate of drug-likeness (QED) is 0.222. The average Bonchev–Trinajstić information content (AvgIpc) is 2.84. The fourth-order valence-electron chi connectivity index (χ4n) is 4.29. The molecule has 0 heterocycles. The van der Waals surface area contributed by atoms with Gasteiger partial charge in [-0.2, -0.15) is 0 Å². The van der Waals surface area contributed by atoms with Gasteiger partial charge in [-0.3, -0.25) is 4.79 Å². The van der Waals surface area contributed by atoms with Crippen molar-refractivity contribution < 1.29 is 19.4 Å². The van der Waals surface area contributed by atoms with Crippen LogP contribution in [0.3, 0.4) is 0 Å². The van der Waals surface area contributed by atoms with E-state index < -0.39 is 5.97 Å². The van der Waals surface area contributed by atoms with Crippen molar-refractivity contribution in [3.05, 3.63) is 85.3 Å². The van der Waals surface area contributed by atoms with Crippen molar-refractivity contribution in [3.8, 4) is 17.2 Å². The number of hydrogen-bond donors (Lipinski definition) is 2. The molecule has 3 rings (SSSR count). The van der Waals surface area contributed by atoms with Crippen molar-refractivity contribution in [2.24, 2.45) is 0 Å². The summed E-state index contributed by atoms with van der Waals surface area (Å²) in [7, 11) is 1.70. The Hall–Kier alpha value is -2.35. The molecular weight excluding hydrogens is 598 g/mol. The predicted molar refractivity (Wildman–Crippen MR) is 156 cm³/mol. The molecule has 0 aliphatic carbocycles. The van der Waals surface area contributed by atoms with Gasteiger partial charge in [0.05, 0.1) is 28.5 Å². The van der Waals surface area contributed by atoms with Gasteiger partial charge in [0.1, 0.15) is 11.5 Å². The van der Waals surface area contributed by atoms with Crippen LogP contribution in [0.2, 0.25) is 0 Å². The Bertz CT molecular complexity index is 1240. The number of carboxylic acids is 1. The molecule has 0 aliphatic heterocycles. The van der Waals surface area contributed by atoms with Crippen LogP contribution in [-0.4, -0.2) is 24.2 Å². The van der Waals surface area contributed by atoms with Crippen LogP contribution in [0.15, 0.2) is 57.5 Å². The van der Waals surface area contributed by atoms with E-state index in [1.807, 2.05) is 6.07 Å². The van der Waals surface area contributed by atoms with Gasteiger partial charge >= 0.3 is 5.97 Å². The standard InChI is InChI=1S/C30H35Br2NO4/c1-7-19(5)33-29(21-11-9-8-10-18(21)4)23-16-26(36-6)22(17(2)3)15-27(23)37-30-24(31)12-20(13-25(30)32)14-28(34)35/h8-13,15-17,19,29,33H,7,14H2,1-6H3,(H,34,35). The summed E-state index contributed by atoms with van der Waals surface area (Å²) >= 11 is 7.20. The van der Waals surface area contributed by atoms with Gasteiger partial charge in [0.15, 0.2) is 5.75 Å². The van der Waals surface area contributed by atoms with Crippen LogP contribution in [-0.2, 0) is 11.2 Å². The zero-order valence-corrected chi connectivity index (χ0v) is 25.4. The summed E-state index contributed by atoms with van der Waals surface area (Å²) in [6.07, 6.45) is 0.902. The first-order valence-electron chi connectivity index (χ1n) is 12.5. The monoisotopic (exact) mass is 631 g/mol. The number of hydrogen-bond acceptors (Lipinski definition) is 4. The summed E-state index contributed by atoms with van der Waals surface area (Å²) in [5.74, 6) is 1.44. The maximum absolute atomic E-state index is 11.2. The maximum atomic E-state index is 11.2. The third kappa shape index (κ3) is 7.15. The zero-order valence-electron chi connectivity index (χ0n) is 22.2. The Balaban J connectivity index is 2.23. The third-order valence-corrected chi connectivity index (χ3v) is 7.66. The Morgan fingerprint density at radius 3 is 2.14 bits per heavy atom. The summed E-state index contributed by atoms with van der Waals surface area (Å²) in [5, 5.41) is 13.0. The Labute approximate surface area is 236 Å². The second-order valence-electron chi connectivity index (χ2n) is 9.61. The van der Waals surface area contributed by atoms with Crippen LogP contribution in [0.5, 0.6) is 17.2 Å². The van der Waals surface area contributed by atoms with E-state index in [9.17, 15) is 9.90 Å². The molecule has 0 saturated heterocycles. The smallest absolute Gasteiger partial charge is 0.307 e. The number of ether oxygens (including phenoxy) is 2. The highest BCUT2D eigenvalue weighted by molar-refractivity contribution is 9.11. The second-order valence-corrected chi connectivity index (χ2v) is 11.3. The molecule has 2 N–H and O–H groups in total. The lowest BCUT2D eigenvalue weighted by Crippen LogP contribution is -2.31. The lowest BCUT2D eigenvalue weighted by Gasteiger charge is -2.28. The normalized spacial score (nSPS) is 12.9. The molecule has 0 aliphatic rings. The minimum absolute atomic E-state index is 0.0725. The minimum atomic E-state index is -0.885. The Morgan fingerprint density at radius 1 is 0.973 bits per heavy atom. The molecule has 7 heteroatoms. The molecule has 0 bridgehead atoms. The van der Waals surface area contributed by atoms with Crippen LogP contribution in [0, 0.1) is 6.92 Å². The van der Waals surface area contributed by atoms with Gasteiger partial charge in [0, 0.05) is 17.2 Å². The molecule has 0 fully saturated rings. The van der Waals surface area contributed by atoms with E-state index in [-0.39, 0.29) is 24.4 Å². The van der Waals surface area contributed by atoms with Crippen LogP contribution < -0.4 is 14.8 Å². The molecule has 2 atom stereocenters. The molecule has 198 valence electrons. The van der Waals surface area contributed by atoms with Crippen LogP contribution in [0.25, 0.3) is 0 Å². The largest absolute Gasteiger partial charge is 0.496 e. The molecule has 0 saturated carbocycles. The number of aliphatic carboxylic acids is 1. The number of carbonyl (C=O) groups is 1. The highest BCUT2D eigenvalue weighted by Crippen LogP contribution is 2.44. The van der Waals surface area contributed by atoms with Crippen molar-refractivity contribution in [1.82, 2.24) is 5.32 Å². The lowest BCUT2D eigenvalue weighted by atomic mass is 9.90. The van der Waals surface area contributed by atoms with Crippen molar-refractivity contribution in [2.75, 3.05) is 7.11 Å². The third-order valence-electron chi connectivity index (χ3n) is 6.48. The topological polar surface area (TPSA) is 67.8 Å². The lowest BCUT2D eigenvalue weighted by molar-refractivity contribution is -0.136. The summed E-state index contributed by atoms with van der Waals surface area (Å²) < 4.78 is 13.8. The number of rotatable bonds is 11. The fraction of sp³-hybridized carbons (Fsp3) is 0.367. The molecule has 0 amide bonds. The molecule has 37 heavy (non-hydrogen) atoms. The molecule has 3 aromatic carbocycles. The van der Waals surface area contributed by atoms with Crippen LogP contribution in [0.4, 0.5) is 0 Å². The average molecular weight is 633 g/mol. The molecule has 3 aromatic rings. The van der Waals surface area contributed by atoms with Gasteiger partial charge in [0.2, 0.25) is 0 Å².